The molecule has 2 amide bonds. The van der Waals surface area contributed by atoms with E-state index in [2.05, 4.69) is 51.2 Å². The summed E-state index contributed by atoms with van der Waals surface area (Å²) in [4.78, 5) is 36.6. The Morgan fingerprint density at radius 1 is 0.646 bits per heavy atom. The highest BCUT2D eigenvalue weighted by Gasteiger charge is 2.68. The lowest BCUT2D eigenvalue weighted by Gasteiger charge is -2.65. The molecule has 7 N–H and O–H groups in total. The Hall–Kier alpha value is -5.07. The van der Waals surface area contributed by atoms with E-state index in [0.717, 1.165) is 94.8 Å². The van der Waals surface area contributed by atoms with Gasteiger partial charge in [-0.3, -0.25) is 14.5 Å². The maximum atomic E-state index is 12.5. The number of aliphatic hydroxyl groups is 2. The molecule has 4 aliphatic carbocycles. The van der Waals surface area contributed by atoms with Crippen LogP contribution in [0.15, 0.2) is 97.1 Å². The number of carbonyl (C=O) groups excluding carboxylic acids is 3. The van der Waals surface area contributed by atoms with Crippen molar-refractivity contribution in [2.45, 2.75) is 136 Å². The van der Waals surface area contributed by atoms with E-state index in [-0.39, 0.29) is 64.7 Å². The topological polar surface area (TPSA) is 171 Å². The molecule has 0 aromatic heterocycles. The van der Waals surface area contributed by atoms with Gasteiger partial charge in [-0.2, -0.15) is 0 Å². The van der Waals surface area contributed by atoms with Gasteiger partial charge in [0.25, 0.3) is 0 Å². The van der Waals surface area contributed by atoms with Gasteiger partial charge >= 0.3 is 0 Å². The molecule has 10 atom stereocenters. The van der Waals surface area contributed by atoms with Gasteiger partial charge in [0.15, 0.2) is 0 Å². The zero-order chi connectivity index (χ0) is 45.0. The van der Waals surface area contributed by atoms with Crippen LogP contribution in [0.5, 0.6) is 11.5 Å². The predicted octanol–water partition coefficient (Wildman–Crippen LogP) is 5.32. The lowest BCUT2D eigenvalue weighted by molar-refractivity contribution is -0.178. The number of nitrogens with zero attached hydrogens (tertiary/aromatic N) is 1. The number of piperidine rings is 2. The molecule has 2 unspecified atom stereocenters. The number of aryl methyl sites for hydroxylation is 2. The average molecular weight is 881 g/mol. The summed E-state index contributed by atoms with van der Waals surface area (Å²) in [5.74, 6) is 1.17. The van der Waals surface area contributed by atoms with Gasteiger partial charge in [-0.15, -0.1) is 0 Å². The van der Waals surface area contributed by atoms with Crippen molar-refractivity contribution in [3.63, 3.8) is 0 Å². The lowest BCUT2D eigenvalue weighted by Crippen LogP contribution is -2.74. The minimum absolute atomic E-state index is 0.0324. The van der Waals surface area contributed by atoms with Crippen LogP contribution in [0.3, 0.4) is 0 Å². The number of hydrogen-bond acceptors (Lipinski definition) is 9. The third-order valence-corrected chi connectivity index (χ3v) is 17.2. The Morgan fingerprint density at radius 2 is 1.20 bits per heavy atom. The Bertz CT molecular complexity index is 2420. The van der Waals surface area contributed by atoms with Crippen molar-refractivity contribution in [2.24, 2.45) is 11.8 Å². The molecule has 12 rings (SSSR count). The molecule has 6 fully saturated rings. The molecule has 4 saturated heterocycles. The molecule has 4 bridgehead atoms. The highest BCUT2D eigenvalue weighted by atomic mass is 16.3. The van der Waals surface area contributed by atoms with Crippen LogP contribution < -0.4 is 16.0 Å². The maximum absolute atomic E-state index is 12.5. The van der Waals surface area contributed by atoms with Gasteiger partial charge in [-0.25, -0.2) is 0 Å². The number of aldehydes is 1. The summed E-state index contributed by atoms with van der Waals surface area (Å²) >= 11 is 0. The van der Waals surface area contributed by atoms with Gasteiger partial charge in [0.05, 0.1) is 11.2 Å². The molecule has 4 heterocycles. The van der Waals surface area contributed by atoms with E-state index in [0.29, 0.717) is 32.1 Å². The number of benzene rings is 4. The largest absolute Gasteiger partial charge is 0.508 e. The summed E-state index contributed by atoms with van der Waals surface area (Å²) in [6.45, 7) is 2.78. The molecule has 0 spiro atoms. The SMILES string of the molecule is O=C1CC2C[C@@]3(O)[C@H]4Cc5ccc(O)cc5[C@@]3(CCN4)CC2N1.O=C1C[C@@H]2C[C@@]3(O)[C@H]4Cc5ccc(O)cc5[C@@]3(CCN4CCCc3ccccc3)C[C@@H]2N1.O=CCCc1ccccc1. The molecule has 0 radical (unpaired) electrons. The maximum Gasteiger partial charge on any atom is 0.220 e. The molecule has 4 aromatic rings. The molecule has 11 heteroatoms. The van der Waals surface area contributed by atoms with E-state index in [9.17, 15) is 34.8 Å². The van der Waals surface area contributed by atoms with Crippen molar-refractivity contribution in [1.82, 2.24) is 20.9 Å². The molecule has 2 saturated carbocycles. The molecule has 65 heavy (non-hydrogen) atoms. The van der Waals surface area contributed by atoms with E-state index in [4.69, 9.17) is 0 Å². The Morgan fingerprint density at radius 3 is 1.80 bits per heavy atom. The molecular weight excluding hydrogens is 817 g/mol. The van der Waals surface area contributed by atoms with E-state index in [1.54, 1.807) is 12.1 Å². The van der Waals surface area contributed by atoms with Crippen molar-refractivity contribution in [2.75, 3.05) is 19.6 Å². The molecule has 4 aliphatic heterocycles. The molecular formula is C54H64N4O7. The van der Waals surface area contributed by atoms with Crippen LogP contribution in [0.2, 0.25) is 0 Å². The van der Waals surface area contributed by atoms with Crippen LogP contribution in [0.4, 0.5) is 0 Å². The monoisotopic (exact) mass is 880 g/mol. The summed E-state index contributed by atoms with van der Waals surface area (Å²) in [5.41, 5.74) is 4.78. The number of aromatic hydroxyl groups is 2. The zero-order valence-electron chi connectivity index (χ0n) is 37.3. The predicted molar refractivity (Wildman–Crippen MR) is 247 cm³/mol. The molecule has 342 valence electrons. The van der Waals surface area contributed by atoms with Gasteiger partial charge in [0.2, 0.25) is 11.8 Å². The van der Waals surface area contributed by atoms with Crippen molar-refractivity contribution >= 4 is 18.1 Å². The van der Waals surface area contributed by atoms with Gasteiger partial charge in [0.1, 0.15) is 17.8 Å². The first-order valence-electron chi connectivity index (χ1n) is 24.1. The Kier molecular flexibility index (Phi) is 11.7. The number of phenols is 2. The summed E-state index contributed by atoms with van der Waals surface area (Å²) in [6.07, 6.45) is 11.8. The van der Waals surface area contributed by atoms with Crippen LogP contribution in [-0.2, 0) is 50.9 Å². The van der Waals surface area contributed by atoms with Gasteiger partial charge < -0.3 is 41.2 Å². The fourth-order valence-corrected chi connectivity index (χ4v) is 14.2. The molecule has 11 nitrogen and oxygen atoms in total. The number of phenolic OH excluding ortho intramolecular Hbond substituents is 2. The third-order valence-electron chi connectivity index (χ3n) is 17.2. The summed E-state index contributed by atoms with van der Waals surface area (Å²) in [7, 11) is 0. The lowest BCUT2D eigenvalue weighted by atomic mass is 9.47. The van der Waals surface area contributed by atoms with E-state index < -0.39 is 16.6 Å². The standard InChI is InChI=1S/C27H32N2O3.C18H22N2O3.C9H10O/c30-21-9-8-19-13-24-27(32)16-20-14-25(31)28-23(20)17-26(27,22(19)15-21)10-12-29(24)11-4-7-18-5-2-1-3-6-18;21-12-2-1-10-5-15-18(23)8-11-6-16(22)20-14(11)9-17(18,3-4-19-15)13(10)7-12;10-8-4-7-9-5-2-1-3-6-9/h1-3,5-6,8-9,15,20,23-24,30,32H,4,7,10-14,16-17H2,(H,28,31);1-2,7,11,14-15,19,21,23H,3-6,8-9H2,(H,20,22);1-3,5-6,8H,4,7H2/t20-,23+,24-,26-,27-;11?,14?,15-,17-,18-;/m11./s1. The summed E-state index contributed by atoms with van der Waals surface area (Å²) in [6, 6.07) is 32.3. The molecule has 4 aromatic carbocycles. The van der Waals surface area contributed by atoms with Crippen LogP contribution in [0.25, 0.3) is 0 Å². The van der Waals surface area contributed by atoms with Crippen molar-refractivity contribution in [1.29, 1.82) is 0 Å². The van der Waals surface area contributed by atoms with Gasteiger partial charge in [-0.1, -0.05) is 72.8 Å². The van der Waals surface area contributed by atoms with Gasteiger partial charge in [0, 0.05) is 54.3 Å². The molecule has 8 aliphatic rings. The quantitative estimate of drug-likeness (QED) is 0.122. The van der Waals surface area contributed by atoms with Crippen LogP contribution in [0.1, 0.15) is 97.6 Å². The fourth-order valence-electron chi connectivity index (χ4n) is 14.2. The number of carbonyl (C=O) groups is 3. The number of nitrogens with one attached hydrogen (secondary N) is 3. The number of amides is 2. The minimum Gasteiger partial charge on any atom is -0.508 e. The van der Waals surface area contributed by atoms with Gasteiger partial charge in [-0.05, 0) is 160 Å². The first kappa shape index (κ1) is 43.8. The average Bonchev–Trinajstić information content (AvgIpc) is 3.83. The van der Waals surface area contributed by atoms with Crippen LogP contribution in [0, 0.1) is 11.8 Å². The number of fused-ring (bicyclic) bond motifs is 4. The smallest absolute Gasteiger partial charge is 0.220 e. The minimum atomic E-state index is -0.869. The summed E-state index contributed by atoms with van der Waals surface area (Å²) in [5, 5.41) is 54.3. The van der Waals surface area contributed by atoms with E-state index >= 15 is 0 Å². The third kappa shape index (κ3) is 7.66. The van der Waals surface area contributed by atoms with E-state index in [1.165, 1.54) is 22.3 Å². The second-order valence-corrected chi connectivity index (χ2v) is 20.5. The number of rotatable bonds is 7. The number of hydrogen-bond donors (Lipinski definition) is 7. The van der Waals surface area contributed by atoms with Crippen LogP contribution >= 0.6 is 0 Å². The number of likely N-dealkylation sites (tertiary alicyclic amines) is 1. The van der Waals surface area contributed by atoms with Crippen molar-refractivity contribution < 1.29 is 34.8 Å². The highest BCUT2D eigenvalue weighted by molar-refractivity contribution is 5.80. The first-order valence-corrected chi connectivity index (χ1v) is 24.1. The van der Waals surface area contributed by atoms with Crippen LogP contribution in [-0.4, -0.2) is 98.4 Å². The first-order chi connectivity index (χ1) is 31.4. The summed E-state index contributed by atoms with van der Waals surface area (Å²) < 4.78 is 0. The Balaban J connectivity index is 0.000000131. The second kappa shape index (κ2) is 17.3. The second-order valence-electron chi connectivity index (χ2n) is 20.5. The normalized spacial score (nSPS) is 34.5. The Labute approximate surface area is 382 Å². The van der Waals surface area contributed by atoms with E-state index in [1.807, 2.05) is 54.6 Å². The fraction of sp³-hybridized carbons (Fsp3) is 0.500. The van der Waals surface area contributed by atoms with Crippen molar-refractivity contribution in [3.8, 4) is 11.5 Å². The highest BCUT2D eigenvalue weighted by Crippen LogP contribution is 2.61. The zero-order valence-corrected chi connectivity index (χ0v) is 37.3. The van der Waals surface area contributed by atoms with Crippen molar-refractivity contribution in [3.05, 3.63) is 130 Å².